The molecular weight excluding hydrogens is 393 g/mol. The fourth-order valence-corrected chi connectivity index (χ4v) is 1.72. The molecule has 1 heterocycles. The maximum Gasteiger partial charge on any atom is -1.00 e. The van der Waals surface area contributed by atoms with E-state index in [0.29, 0.717) is 6.02 Å². The van der Waals surface area contributed by atoms with E-state index in [2.05, 4.69) is 5.16 Å². The van der Waals surface area contributed by atoms with Gasteiger partial charge in [0.2, 0.25) is 0 Å². The summed E-state index contributed by atoms with van der Waals surface area (Å²) in [7, 11) is -4.91. The van der Waals surface area contributed by atoms with Crippen LogP contribution in [-0.2, 0) is 14.4 Å². The topological polar surface area (TPSA) is 77.9 Å². The number of oxime groups is 1. The van der Waals surface area contributed by atoms with Crippen molar-refractivity contribution in [3.63, 3.8) is 0 Å². The number of hydrogen-bond acceptors (Lipinski definition) is 5. The first-order chi connectivity index (χ1) is 11.3. The Labute approximate surface area is 146 Å². The monoisotopic (exact) mass is 412 g/mol. The molecule has 1 fully saturated rings. The molecule has 0 unspecified atom stereocenters. The van der Waals surface area contributed by atoms with Crippen LogP contribution in [0.2, 0.25) is 0 Å². The van der Waals surface area contributed by atoms with Gasteiger partial charge in [0.1, 0.15) is 6.07 Å². The van der Waals surface area contributed by atoms with Crippen LogP contribution in [0, 0.1) is 11.3 Å². The number of esters is 1. The van der Waals surface area contributed by atoms with Gasteiger partial charge in [-0.1, -0.05) is 5.16 Å². The summed E-state index contributed by atoms with van der Waals surface area (Å²) in [6.07, 6.45) is 2.18. The first-order valence-corrected chi connectivity index (χ1v) is 8.75. The third-order valence-electron chi connectivity index (χ3n) is 2.55. The summed E-state index contributed by atoms with van der Waals surface area (Å²) in [5.41, 5.74) is -0.389. The average molecular weight is 412 g/mol. The molecule has 0 amide bonds. The van der Waals surface area contributed by atoms with Gasteiger partial charge in [-0.15, -0.1) is 0 Å². The van der Waals surface area contributed by atoms with Gasteiger partial charge in [-0.2, -0.15) is 5.26 Å². The molecule has 0 aromatic rings. The van der Waals surface area contributed by atoms with Gasteiger partial charge in [0.05, 0.1) is 33.8 Å². The predicted octanol–water partition coefficient (Wildman–Crippen LogP) is 0.136. The number of likely N-dealkylation sites (tertiary alicyclic amines) is 1. The summed E-state index contributed by atoms with van der Waals surface area (Å²) < 4.78 is 55.7. The molecule has 0 aromatic heterocycles. The van der Waals surface area contributed by atoms with Crippen molar-refractivity contribution in [3.8, 4) is 6.07 Å². The molecule has 1 saturated heterocycles. The van der Waals surface area contributed by atoms with E-state index in [-0.39, 0.29) is 17.0 Å². The van der Waals surface area contributed by atoms with Crippen LogP contribution in [0.1, 0.15) is 19.8 Å². The number of carbonyl (C=O) groups excluding carboxylic acids is 1. The minimum absolute atomic E-state index is 0. The predicted molar refractivity (Wildman–Crippen MR) is 81.1 cm³/mol. The van der Waals surface area contributed by atoms with E-state index < -0.39 is 14.1 Å². The minimum Gasteiger partial charge on any atom is -1.00 e. The normalized spacial score (nSPS) is 15.3. The Bertz CT molecular complexity index is 559. The molecule has 0 saturated carbocycles. The van der Waals surface area contributed by atoms with Crippen molar-refractivity contribution in [1.29, 1.82) is 5.26 Å². The molecule has 0 bridgehead atoms. The maximum atomic E-state index is 11.4. The van der Waals surface area contributed by atoms with E-state index in [1.54, 1.807) is 17.6 Å². The summed E-state index contributed by atoms with van der Waals surface area (Å²) in [6.45, 7) is 3.61. The zero-order valence-corrected chi connectivity index (χ0v) is 15.2. The SMILES string of the molecule is CCOC(=O)C(C#N)=NOC(N1CCCC1)=[N+](C)C.FP(F)(F)(F)F.[F-]. The van der Waals surface area contributed by atoms with Crippen molar-refractivity contribution in [2.45, 2.75) is 19.8 Å². The molecule has 0 N–H and O–H groups in total. The van der Waals surface area contributed by atoms with Crippen LogP contribution in [0.5, 0.6) is 0 Å². The number of ether oxygens (including phenoxy) is 1. The summed E-state index contributed by atoms with van der Waals surface area (Å²) >= 11 is 0. The Morgan fingerprint density at radius 3 is 2.04 bits per heavy atom. The van der Waals surface area contributed by atoms with Gasteiger partial charge in [0.15, 0.2) is 0 Å². The second-order valence-corrected chi connectivity index (χ2v) is 6.15. The van der Waals surface area contributed by atoms with Crippen LogP contribution in [-0.4, -0.2) is 61.0 Å². The van der Waals surface area contributed by atoms with Crippen LogP contribution in [0.3, 0.4) is 0 Å². The van der Waals surface area contributed by atoms with Crippen molar-refractivity contribution < 1.29 is 44.6 Å². The zero-order valence-electron chi connectivity index (χ0n) is 14.3. The van der Waals surface area contributed by atoms with E-state index in [0.717, 1.165) is 25.9 Å². The van der Waals surface area contributed by atoms with Gasteiger partial charge in [0.25, 0.3) is 5.71 Å². The molecular formula is C12H19F6N4O3P. The molecule has 152 valence electrons. The second-order valence-electron chi connectivity index (χ2n) is 4.87. The van der Waals surface area contributed by atoms with E-state index in [1.165, 1.54) is 0 Å². The number of carbonyl (C=O) groups is 1. The van der Waals surface area contributed by atoms with Crippen LogP contribution in [0.25, 0.3) is 0 Å². The number of hydrogen-bond donors (Lipinski definition) is 0. The van der Waals surface area contributed by atoms with Crippen LogP contribution >= 0.6 is 8.16 Å². The molecule has 26 heavy (non-hydrogen) atoms. The summed E-state index contributed by atoms with van der Waals surface area (Å²) in [4.78, 5) is 18.6. The number of rotatable bonds is 3. The third kappa shape index (κ3) is 13.2. The molecule has 0 radical (unpaired) electrons. The van der Waals surface area contributed by atoms with Crippen molar-refractivity contribution in [2.24, 2.45) is 5.16 Å². The number of nitrogens with zero attached hydrogens (tertiary/aromatic N) is 4. The Balaban J connectivity index is 0. The molecule has 0 aromatic carbocycles. The Morgan fingerprint density at radius 2 is 1.69 bits per heavy atom. The summed E-state index contributed by atoms with van der Waals surface area (Å²) in [5, 5.41) is 12.4. The van der Waals surface area contributed by atoms with Crippen molar-refractivity contribution in [1.82, 2.24) is 4.90 Å². The van der Waals surface area contributed by atoms with Gasteiger partial charge in [0, 0.05) is 0 Å². The molecule has 7 nitrogen and oxygen atoms in total. The number of halogens is 6. The third-order valence-corrected chi connectivity index (χ3v) is 2.55. The smallest absolute Gasteiger partial charge is 1.00 e. The van der Waals surface area contributed by atoms with E-state index in [4.69, 9.17) is 14.8 Å². The van der Waals surface area contributed by atoms with Gasteiger partial charge < -0.3 is 9.44 Å². The average Bonchev–Trinajstić information content (AvgIpc) is 2.94. The second kappa shape index (κ2) is 10.8. The van der Waals surface area contributed by atoms with Gasteiger partial charge >= 0.3 is 41.1 Å². The van der Waals surface area contributed by atoms with Crippen LogP contribution in [0.4, 0.5) is 21.0 Å². The Morgan fingerprint density at radius 1 is 1.23 bits per heavy atom. The fraction of sp³-hybridized carbons (Fsp3) is 0.667. The largest absolute Gasteiger partial charge is 1.00 e. The summed E-state index contributed by atoms with van der Waals surface area (Å²) in [6, 6.07) is 2.19. The molecule has 1 rings (SSSR count). The number of nitriles is 1. The Hall–Kier alpha value is -2.09. The molecule has 0 atom stereocenters. The van der Waals surface area contributed by atoms with Crippen molar-refractivity contribution >= 4 is 25.9 Å². The molecule has 0 spiro atoms. The van der Waals surface area contributed by atoms with Gasteiger partial charge in [-0.25, -0.2) is 14.3 Å². The maximum absolute atomic E-state index is 11.4. The van der Waals surface area contributed by atoms with Crippen molar-refractivity contribution in [2.75, 3.05) is 33.8 Å². The Kier molecular flexibility index (Phi) is 10.9. The van der Waals surface area contributed by atoms with Crippen molar-refractivity contribution in [3.05, 3.63) is 0 Å². The fourth-order valence-electron chi connectivity index (χ4n) is 1.72. The zero-order chi connectivity index (χ0) is 19.7. The molecule has 0 aliphatic carbocycles. The first kappa shape index (κ1) is 26.1. The van der Waals surface area contributed by atoms with Crippen LogP contribution < -0.4 is 4.70 Å². The van der Waals surface area contributed by atoms with E-state index in [9.17, 15) is 25.8 Å². The van der Waals surface area contributed by atoms with E-state index in [1.807, 2.05) is 19.0 Å². The first-order valence-electron chi connectivity index (χ1n) is 7.06. The summed E-state index contributed by atoms with van der Waals surface area (Å²) in [5.74, 6) is -0.774. The minimum atomic E-state index is -8.55. The molecule has 1 aliphatic heterocycles. The molecule has 14 heteroatoms. The van der Waals surface area contributed by atoms with Crippen LogP contribution in [0.15, 0.2) is 5.16 Å². The standard InChI is InChI=1S/C12H19N4O3.F5P.FH/c1-4-18-11(17)10(9-13)14-19-12(15(2)3)16-7-5-6-8-16;1-6(2,3,4)5;/h4-8H2,1-3H3;;1H/q+1;;/p-1. The molecule has 1 aliphatic rings. The van der Waals surface area contributed by atoms with Gasteiger partial charge in [-0.3, -0.25) is 4.84 Å². The number of amidine groups is 1. The van der Waals surface area contributed by atoms with Gasteiger partial charge in [-0.05, 0) is 19.8 Å². The quantitative estimate of drug-likeness (QED) is 0.125. The van der Waals surface area contributed by atoms with E-state index >= 15 is 0 Å².